The first-order valence-electron chi connectivity index (χ1n) is 7.73. The van der Waals surface area contributed by atoms with Crippen molar-refractivity contribution in [2.24, 2.45) is 0 Å². The molecule has 0 bridgehead atoms. The number of rotatable bonds is 5. The lowest BCUT2D eigenvalue weighted by molar-refractivity contribution is 0.0924. The van der Waals surface area contributed by atoms with Crippen molar-refractivity contribution in [3.63, 3.8) is 0 Å². The molecule has 0 saturated heterocycles. The van der Waals surface area contributed by atoms with Crippen LogP contribution in [0.2, 0.25) is 0 Å². The average Bonchev–Trinajstić information content (AvgIpc) is 3.19. The van der Waals surface area contributed by atoms with Crippen molar-refractivity contribution in [1.29, 1.82) is 0 Å². The molecule has 3 aromatic rings. The molecular weight excluding hydrogens is 306 g/mol. The number of hydrogen-bond donors (Lipinski definition) is 2. The Morgan fingerprint density at radius 3 is 2.67 bits per heavy atom. The summed E-state index contributed by atoms with van der Waals surface area (Å²) in [4.78, 5) is 12.5. The van der Waals surface area contributed by atoms with Gasteiger partial charge in [-0.3, -0.25) is 4.79 Å². The van der Waals surface area contributed by atoms with Crippen molar-refractivity contribution in [2.75, 3.05) is 6.54 Å². The molecule has 0 radical (unpaired) electrons. The monoisotopic (exact) mass is 325 g/mol. The van der Waals surface area contributed by atoms with Crippen molar-refractivity contribution in [3.8, 4) is 17.1 Å². The lowest BCUT2D eigenvalue weighted by Gasteiger charge is -2.06. The minimum atomic E-state index is -0.618. The number of amides is 1. The highest BCUT2D eigenvalue weighted by Gasteiger charge is 2.21. The predicted molar refractivity (Wildman–Crippen MR) is 90.0 cm³/mol. The van der Waals surface area contributed by atoms with E-state index in [0.717, 1.165) is 11.4 Å². The molecule has 1 aromatic carbocycles. The lowest BCUT2D eigenvalue weighted by Crippen LogP contribution is -2.30. The van der Waals surface area contributed by atoms with Gasteiger partial charge in [-0.1, -0.05) is 18.2 Å². The molecule has 6 heteroatoms. The second kappa shape index (κ2) is 6.72. The molecule has 1 unspecified atom stereocenters. The standard InChI is InChI=1S/C18H19N3O3/c1-12(22)10-19-18(23)15-11-21(14-6-4-3-5-7-14)20-17(15)16-9-8-13(2)24-16/h3-9,11-12,22H,10H2,1-2H3,(H,19,23). The molecule has 24 heavy (non-hydrogen) atoms. The van der Waals surface area contributed by atoms with Gasteiger partial charge in [-0.15, -0.1) is 0 Å². The van der Waals surface area contributed by atoms with Crippen molar-refractivity contribution < 1.29 is 14.3 Å². The van der Waals surface area contributed by atoms with Crippen LogP contribution in [0.15, 0.2) is 53.1 Å². The SMILES string of the molecule is Cc1ccc(-c2nn(-c3ccccc3)cc2C(=O)NCC(C)O)o1. The molecule has 2 aromatic heterocycles. The summed E-state index contributed by atoms with van der Waals surface area (Å²) in [5.74, 6) is 0.973. The lowest BCUT2D eigenvalue weighted by atomic mass is 10.2. The number of aryl methyl sites for hydroxylation is 1. The van der Waals surface area contributed by atoms with Crippen LogP contribution in [0.25, 0.3) is 17.1 Å². The number of nitrogens with zero attached hydrogens (tertiary/aromatic N) is 2. The molecule has 124 valence electrons. The van der Waals surface area contributed by atoms with Gasteiger partial charge in [-0.25, -0.2) is 4.68 Å². The molecule has 0 spiro atoms. The van der Waals surface area contributed by atoms with Gasteiger partial charge in [-0.2, -0.15) is 5.10 Å². The summed E-state index contributed by atoms with van der Waals surface area (Å²) in [6, 6.07) is 13.2. The van der Waals surface area contributed by atoms with Crippen molar-refractivity contribution in [3.05, 3.63) is 60.0 Å². The normalized spacial score (nSPS) is 12.1. The summed E-state index contributed by atoms with van der Waals surface area (Å²) in [6.07, 6.45) is 1.05. The van der Waals surface area contributed by atoms with Gasteiger partial charge >= 0.3 is 0 Å². The fourth-order valence-corrected chi connectivity index (χ4v) is 2.33. The number of aliphatic hydroxyl groups is 1. The summed E-state index contributed by atoms with van der Waals surface area (Å²) in [5.41, 5.74) is 1.71. The highest BCUT2D eigenvalue weighted by Crippen LogP contribution is 2.25. The third kappa shape index (κ3) is 3.38. The van der Waals surface area contributed by atoms with Gasteiger partial charge in [0.25, 0.3) is 5.91 Å². The Bertz CT molecular complexity index is 834. The van der Waals surface area contributed by atoms with E-state index in [1.165, 1.54) is 0 Å². The van der Waals surface area contributed by atoms with Crippen LogP contribution in [0.5, 0.6) is 0 Å². The van der Waals surface area contributed by atoms with Gasteiger partial charge in [0.2, 0.25) is 0 Å². The van der Waals surface area contributed by atoms with Crippen LogP contribution in [0.1, 0.15) is 23.0 Å². The zero-order valence-corrected chi connectivity index (χ0v) is 13.6. The molecule has 2 heterocycles. The number of aromatic nitrogens is 2. The Balaban J connectivity index is 2.01. The van der Waals surface area contributed by atoms with Crippen LogP contribution in [0, 0.1) is 6.92 Å². The van der Waals surface area contributed by atoms with Gasteiger partial charge in [0, 0.05) is 12.7 Å². The van der Waals surface area contributed by atoms with Crippen LogP contribution < -0.4 is 5.32 Å². The molecule has 0 aliphatic rings. The van der Waals surface area contributed by atoms with Crippen molar-refractivity contribution in [1.82, 2.24) is 15.1 Å². The fraction of sp³-hybridized carbons (Fsp3) is 0.222. The quantitative estimate of drug-likeness (QED) is 0.755. The first-order chi connectivity index (χ1) is 11.5. The van der Waals surface area contributed by atoms with E-state index in [-0.39, 0.29) is 12.5 Å². The van der Waals surface area contributed by atoms with Gasteiger partial charge in [0.1, 0.15) is 11.5 Å². The van der Waals surface area contributed by atoms with E-state index in [2.05, 4.69) is 10.4 Å². The van der Waals surface area contributed by atoms with Crippen LogP contribution in [0.3, 0.4) is 0 Å². The summed E-state index contributed by atoms with van der Waals surface area (Å²) in [5, 5.41) is 16.6. The van der Waals surface area contributed by atoms with Crippen LogP contribution in [-0.2, 0) is 0 Å². The van der Waals surface area contributed by atoms with E-state index in [1.54, 1.807) is 23.9 Å². The van der Waals surface area contributed by atoms with Crippen molar-refractivity contribution >= 4 is 5.91 Å². The Labute approximate surface area is 139 Å². The van der Waals surface area contributed by atoms with Crippen LogP contribution in [-0.4, -0.2) is 33.4 Å². The van der Waals surface area contributed by atoms with Gasteiger partial charge in [0.05, 0.1) is 17.4 Å². The topological polar surface area (TPSA) is 80.3 Å². The molecule has 1 atom stereocenters. The first kappa shape index (κ1) is 16.0. The van der Waals surface area contributed by atoms with E-state index >= 15 is 0 Å². The largest absolute Gasteiger partial charge is 0.460 e. The zero-order valence-electron chi connectivity index (χ0n) is 13.6. The van der Waals surface area contributed by atoms with E-state index < -0.39 is 6.10 Å². The molecule has 2 N–H and O–H groups in total. The third-order valence-electron chi connectivity index (χ3n) is 3.51. The summed E-state index contributed by atoms with van der Waals surface area (Å²) in [7, 11) is 0. The second-order valence-electron chi connectivity index (χ2n) is 5.64. The highest BCUT2D eigenvalue weighted by atomic mass is 16.3. The first-order valence-corrected chi connectivity index (χ1v) is 7.73. The molecule has 6 nitrogen and oxygen atoms in total. The maximum atomic E-state index is 12.5. The molecule has 3 rings (SSSR count). The number of benzene rings is 1. The van der Waals surface area contributed by atoms with Gasteiger partial charge < -0.3 is 14.8 Å². The number of carbonyl (C=O) groups is 1. The number of furan rings is 1. The zero-order chi connectivity index (χ0) is 17.1. The number of para-hydroxylation sites is 1. The molecule has 0 fully saturated rings. The Hall–Kier alpha value is -2.86. The number of aliphatic hydroxyl groups excluding tert-OH is 1. The number of carbonyl (C=O) groups excluding carboxylic acids is 1. The van der Waals surface area contributed by atoms with E-state index in [0.29, 0.717) is 17.0 Å². The Morgan fingerprint density at radius 2 is 2.04 bits per heavy atom. The maximum Gasteiger partial charge on any atom is 0.255 e. The second-order valence-corrected chi connectivity index (χ2v) is 5.64. The molecule has 0 aliphatic heterocycles. The van der Waals surface area contributed by atoms with E-state index in [4.69, 9.17) is 4.42 Å². The average molecular weight is 325 g/mol. The fourth-order valence-electron chi connectivity index (χ4n) is 2.33. The number of hydrogen-bond acceptors (Lipinski definition) is 4. The van der Waals surface area contributed by atoms with Gasteiger partial charge in [-0.05, 0) is 38.1 Å². The minimum Gasteiger partial charge on any atom is -0.460 e. The Morgan fingerprint density at radius 1 is 1.29 bits per heavy atom. The van der Waals surface area contributed by atoms with Crippen molar-refractivity contribution in [2.45, 2.75) is 20.0 Å². The molecule has 0 saturated carbocycles. The maximum absolute atomic E-state index is 12.5. The minimum absolute atomic E-state index is 0.173. The summed E-state index contributed by atoms with van der Waals surface area (Å²) in [6.45, 7) is 3.63. The molecule has 1 amide bonds. The molecular formula is C18H19N3O3. The van der Waals surface area contributed by atoms with Crippen LogP contribution in [0.4, 0.5) is 0 Å². The van der Waals surface area contributed by atoms with E-state index in [9.17, 15) is 9.90 Å². The highest BCUT2D eigenvalue weighted by molar-refractivity contribution is 5.99. The summed E-state index contributed by atoms with van der Waals surface area (Å²) < 4.78 is 7.27. The smallest absolute Gasteiger partial charge is 0.255 e. The van der Waals surface area contributed by atoms with Gasteiger partial charge in [0.15, 0.2) is 5.76 Å². The Kier molecular flexibility index (Phi) is 4.48. The third-order valence-corrected chi connectivity index (χ3v) is 3.51. The van der Waals surface area contributed by atoms with Crippen LogP contribution >= 0.6 is 0 Å². The summed E-state index contributed by atoms with van der Waals surface area (Å²) >= 11 is 0. The number of nitrogens with one attached hydrogen (secondary N) is 1. The predicted octanol–water partition coefficient (Wildman–Crippen LogP) is 2.55. The molecule has 0 aliphatic carbocycles. The van der Waals surface area contributed by atoms with E-state index in [1.807, 2.05) is 43.3 Å².